The number of benzene rings is 3. The van der Waals surface area contributed by atoms with Crippen molar-refractivity contribution in [2.75, 3.05) is 31.2 Å². The van der Waals surface area contributed by atoms with Crippen molar-refractivity contribution < 1.29 is 24.1 Å². The Balaban J connectivity index is 1.32. The van der Waals surface area contributed by atoms with Crippen LogP contribution < -0.4 is 14.4 Å². The summed E-state index contributed by atoms with van der Waals surface area (Å²) < 4.78 is 17.1. The molecule has 32 heavy (non-hydrogen) atoms. The fourth-order valence-corrected chi connectivity index (χ4v) is 3.61. The van der Waals surface area contributed by atoms with Crippen LogP contribution in [0.3, 0.4) is 0 Å². The second-order valence-corrected chi connectivity index (χ2v) is 7.67. The van der Waals surface area contributed by atoms with E-state index in [0.717, 1.165) is 47.0 Å². The third kappa shape index (κ3) is 5.39. The lowest BCUT2D eigenvalue weighted by atomic mass is 10.0. The number of carbonyl (C=O) groups is 1. The van der Waals surface area contributed by atoms with Gasteiger partial charge in [-0.1, -0.05) is 42.5 Å². The number of aliphatic carboxylic acids is 1. The molecule has 1 atom stereocenters. The summed E-state index contributed by atoms with van der Waals surface area (Å²) in [4.78, 5) is 13.2. The highest BCUT2D eigenvalue weighted by atomic mass is 16.5. The van der Waals surface area contributed by atoms with Crippen LogP contribution in [0.1, 0.15) is 12.5 Å². The number of fused-ring (bicyclic) bond motifs is 1. The molecule has 0 amide bonds. The Morgan fingerprint density at radius 2 is 1.88 bits per heavy atom. The molecule has 0 aliphatic carbocycles. The number of hydrogen-bond acceptors (Lipinski definition) is 5. The van der Waals surface area contributed by atoms with Crippen LogP contribution in [0.4, 0.5) is 5.69 Å². The van der Waals surface area contributed by atoms with Gasteiger partial charge in [-0.3, -0.25) is 0 Å². The minimum absolute atomic E-state index is 0.257. The van der Waals surface area contributed by atoms with Gasteiger partial charge in [0.1, 0.15) is 24.7 Å². The van der Waals surface area contributed by atoms with Crippen LogP contribution >= 0.6 is 0 Å². The molecule has 0 spiro atoms. The monoisotopic (exact) mass is 433 g/mol. The van der Waals surface area contributed by atoms with Crippen molar-refractivity contribution >= 4 is 11.7 Å². The number of carboxylic acids is 1. The van der Waals surface area contributed by atoms with Crippen molar-refractivity contribution in [3.05, 3.63) is 78.4 Å². The number of anilines is 1. The van der Waals surface area contributed by atoms with Crippen LogP contribution in [-0.2, 0) is 16.1 Å². The van der Waals surface area contributed by atoms with E-state index >= 15 is 0 Å². The number of ether oxygens (including phenoxy) is 3. The standard InChI is InChI=1S/C26H27NO5/c1-19(26(28)29)32-18-20-5-4-6-22(17-20)21-9-11-23(12-10-21)30-15-13-27-14-16-31-25-8-3-2-7-24(25)27/h2-12,17,19H,13-16,18H2,1H3,(H,28,29). The second kappa shape index (κ2) is 10.2. The molecule has 6 heteroatoms. The molecule has 6 nitrogen and oxygen atoms in total. The normalized spacial score (nSPS) is 13.7. The van der Waals surface area contributed by atoms with Crippen molar-refractivity contribution in [3.63, 3.8) is 0 Å². The Hall–Kier alpha value is -3.51. The summed E-state index contributed by atoms with van der Waals surface area (Å²) in [6.45, 7) is 4.70. The molecule has 0 fully saturated rings. The molecule has 0 saturated heterocycles. The van der Waals surface area contributed by atoms with Crippen LogP contribution in [0.2, 0.25) is 0 Å². The fraction of sp³-hybridized carbons (Fsp3) is 0.269. The first kappa shape index (κ1) is 21.7. The minimum atomic E-state index is -0.963. The molecule has 0 aromatic heterocycles. The zero-order valence-electron chi connectivity index (χ0n) is 18.1. The molecule has 3 aromatic rings. The van der Waals surface area contributed by atoms with Crippen LogP contribution in [0, 0.1) is 0 Å². The van der Waals surface area contributed by atoms with E-state index in [0.29, 0.717) is 13.2 Å². The van der Waals surface area contributed by atoms with Gasteiger partial charge in [0.25, 0.3) is 0 Å². The maximum absolute atomic E-state index is 10.9. The molecule has 1 N–H and O–H groups in total. The van der Waals surface area contributed by atoms with Crippen LogP contribution in [0.5, 0.6) is 11.5 Å². The maximum atomic E-state index is 10.9. The van der Waals surface area contributed by atoms with Gasteiger partial charge in [-0.2, -0.15) is 0 Å². The van der Waals surface area contributed by atoms with Gasteiger partial charge in [0.05, 0.1) is 25.4 Å². The van der Waals surface area contributed by atoms with Gasteiger partial charge in [-0.25, -0.2) is 4.79 Å². The molecule has 0 radical (unpaired) electrons. The summed E-state index contributed by atoms with van der Waals surface area (Å²) in [6, 6.07) is 24.0. The van der Waals surface area contributed by atoms with Gasteiger partial charge in [0, 0.05) is 0 Å². The van der Waals surface area contributed by atoms with Crippen molar-refractivity contribution in [1.29, 1.82) is 0 Å². The second-order valence-electron chi connectivity index (χ2n) is 7.67. The molecular weight excluding hydrogens is 406 g/mol. The molecule has 1 aliphatic rings. The topological polar surface area (TPSA) is 68.2 Å². The van der Waals surface area contributed by atoms with Gasteiger partial charge in [0.2, 0.25) is 0 Å². The zero-order valence-corrected chi connectivity index (χ0v) is 18.1. The number of rotatable bonds is 9. The van der Waals surface area contributed by atoms with Crippen molar-refractivity contribution in [2.24, 2.45) is 0 Å². The molecular formula is C26H27NO5. The summed E-state index contributed by atoms with van der Waals surface area (Å²) in [6.07, 6.45) is -0.832. The van der Waals surface area contributed by atoms with E-state index in [9.17, 15) is 4.79 Å². The largest absolute Gasteiger partial charge is 0.492 e. The van der Waals surface area contributed by atoms with Gasteiger partial charge in [-0.15, -0.1) is 0 Å². The quantitative estimate of drug-likeness (QED) is 0.531. The van der Waals surface area contributed by atoms with Crippen molar-refractivity contribution in [3.8, 4) is 22.6 Å². The number of hydrogen-bond donors (Lipinski definition) is 1. The lowest BCUT2D eigenvalue weighted by Gasteiger charge is -2.31. The molecule has 0 saturated carbocycles. The lowest BCUT2D eigenvalue weighted by Crippen LogP contribution is -2.35. The highest BCUT2D eigenvalue weighted by molar-refractivity contribution is 5.71. The Bertz CT molecular complexity index is 1050. The van der Waals surface area contributed by atoms with E-state index < -0.39 is 12.1 Å². The first-order valence-corrected chi connectivity index (χ1v) is 10.7. The third-order valence-electron chi connectivity index (χ3n) is 5.42. The van der Waals surface area contributed by atoms with Gasteiger partial charge < -0.3 is 24.2 Å². The molecule has 1 unspecified atom stereocenters. The SMILES string of the molecule is CC(OCc1cccc(-c2ccc(OCCN3CCOc4ccccc43)cc2)c1)C(=O)O. The summed E-state index contributed by atoms with van der Waals surface area (Å²) in [5, 5.41) is 8.95. The summed E-state index contributed by atoms with van der Waals surface area (Å²) >= 11 is 0. The first-order valence-electron chi connectivity index (χ1n) is 10.7. The molecule has 1 heterocycles. The average molecular weight is 434 g/mol. The summed E-state index contributed by atoms with van der Waals surface area (Å²) in [7, 11) is 0. The van der Waals surface area contributed by atoms with Gasteiger partial charge >= 0.3 is 5.97 Å². The lowest BCUT2D eigenvalue weighted by molar-refractivity contribution is -0.149. The molecule has 4 rings (SSSR count). The minimum Gasteiger partial charge on any atom is -0.492 e. The number of carboxylic acid groups (broad SMARTS) is 1. The van der Waals surface area contributed by atoms with Crippen LogP contribution in [0.15, 0.2) is 72.8 Å². The Morgan fingerprint density at radius 1 is 1.06 bits per heavy atom. The van der Waals surface area contributed by atoms with Crippen molar-refractivity contribution in [2.45, 2.75) is 19.6 Å². The van der Waals surface area contributed by atoms with E-state index in [1.807, 2.05) is 66.7 Å². The summed E-state index contributed by atoms with van der Waals surface area (Å²) in [5.41, 5.74) is 4.15. The van der Waals surface area contributed by atoms with E-state index in [1.54, 1.807) is 0 Å². The Labute approximate surface area is 188 Å². The molecule has 0 bridgehead atoms. The van der Waals surface area contributed by atoms with Crippen LogP contribution in [-0.4, -0.2) is 43.5 Å². The molecule has 166 valence electrons. The smallest absolute Gasteiger partial charge is 0.332 e. The van der Waals surface area contributed by atoms with Crippen molar-refractivity contribution in [1.82, 2.24) is 0 Å². The summed E-state index contributed by atoms with van der Waals surface area (Å²) in [5.74, 6) is 0.785. The number of para-hydroxylation sites is 2. The van der Waals surface area contributed by atoms with Gasteiger partial charge in [-0.05, 0) is 53.9 Å². The highest BCUT2D eigenvalue weighted by Crippen LogP contribution is 2.30. The third-order valence-corrected chi connectivity index (χ3v) is 5.42. The first-order chi connectivity index (χ1) is 15.6. The Morgan fingerprint density at radius 3 is 2.69 bits per heavy atom. The number of nitrogens with zero attached hydrogens (tertiary/aromatic N) is 1. The molecule has 1 aliphatic heterocycles. The van der Waals surface area contributed by atoms with E-state index in [1.165, 1.54) is 6.92 Å². The van der Waals surface area contributed by atoms with E-state index in [-0.39, 0.29) is 6.61 Å². The van der Waals surface area contributed by atoms with E-state index in [4.69, 9.17) is 19.3 Å². The van der Waals surface area contributed by atoms with Crippen LogP contribution in [0.25, 0.3) is 11.1 Å². The fourth-order valence-electron chi connectivity index (χ4n) is 3.61. The Kier molecular flexibility index (Phi) is 6.92. The predicted octanol–water partition coefficient (Wildman–Crippen LogP) is 4.62. The average Bonchev–Trinajstić information content (AvgIpc) is 2.83. The zero-order chi connectivity index (χ0) is 22.3. The predicted molar refractivity (Wildman–Crippen MR) is 123 cm³/mol. The van der Waals surface area contributed by atoms with Gasteiger partial charge in [0.15, 0.2) is 6.10 Å². The molecule has 3 aromatic carbocycles. The van der Waals surface area contributed by atoms with E-state index in [2.05, 4.69) is 11.0 Å². The maximum Gasteiger partial charge on any atom is 0.332 e. The highest BCUT2D eigenvalue weighted by Gasteiger charge is 2.17.